The van der Waals surface area contributed by atoms with Crippen molar-refractivity contribution in [3.8, 4) is 12.1 Å². The minimum Gasteiger partial charge on any atom is -0.358 e. The van der Waals surface area contributed by atoms with Gasteiger partial charge in [-0.05, 0) is 17.7 Å². The van der Waals surface area contributed by atoms with Crippen LogP contribution in [-0.2, 0) is 0 Å². The topological polar surface area (TPSA) is 38.0 Å². The van der Waals surface area contributed by atoms with Gasteiger partial charge in [-0.2, -0.15) is 9.69 Å². The molecule has 17 heavy (non-hydrogen) atoms. The summed E-state index contributed by atoms with van der Waals surface area (Å²) < 4.78 is 0. The van der Waals surface area contributed by atoms with E-state index >= 15 is 0 Å². The van der Waals surface area contributed by atoms with Gasteiger partial charge in [0.1, 0.15) is 13.1 Å². The summed E-state index contributed by atoms with van der Waals surface area (Å²) in [6.07, 6.45) is 1.54. The maximum atomic E-state index is 6.78. The summed E-state index contributed by atoms with van der Waals surface area (Å²) in [5, 5.41) is 0. The zero-order chi connectivity index (χ0) is 12.7. The Balaban J connectivity index is 2.97. The van der Waals surface area contributed by atoms with Crippen molar-refractivity contribution in [2.45, 2.75) is 0 Å². The van der Waals surface area contributed by atoms with Crippen molar-refractivity contribution in [3.63, 3.8) is 0 Å². The van der Waals surface area contributed by atoms with Crippen molar-refractivity contribution in [2.24, 2.45) is 5.73 Å². The number of benzene rings is 1. The molecule has 0 spiro atoms. The molecule has 4 heteroatoms. The quantitative estimate of drug-likeness (QED) is 0.473. The minimum absolute atomic E-state index is 0.0489. The van der Waals surface area contributed by atoms with E-state index in [1.165, 1.54) is 0 Å². The van der Waals surface area contributed by atoms with Crippen molar-refractivity contribution in [1.82, 2.24) is 0 Å². The molecule has 0 aromatic heterocycles. The molecule has 1 aromatic rings. The fraction of sp³-hybridized carbons (Fsp3) is 0.0769. The molecule has 0 unspecified atom stereocenters. The fourth-order valence-corrected chi connectivity index (χ4v) is 1.19. The van der Waals surface area contributed by atoms with Crippen LogP contribution in [0.4, 0.5) is 5.69 Å². The molecule has 0 saturated heterocycles. The highest BCUT2D eigenvalue weighted by Gasteiger charge is 2.02. The SMILES string of the molecule is [C-]#[N+]C(=Cc1ccc(N(C)C#CN)cc1)[N+]#[C-]. The lowest BCUT2D eigenvalue weighted by molar-refractivity contribution is 1.25. The van der Waals surface area contributed by atoms with E-state index in [2.05, 4.69) is 21.8 Å². The fourth-order valence-electron chi connectivity index (χ4n) is 1.19. The van der Waals surface area contributed by atoms with Crippen LogP contribution in [0.15, 0.2) is 30.1 Å². The summed E-state index contributed by atoms with van der Waals surface area (Å²) >= 11 is 0. The van der Waals surface area contributed by atoms with E-state index in [1.54, 1.807) is 18.0 Å². The monoisotopic (exact) mass is 222 g/mol. The molecule has 0 atom stereocenters. The van der Waals surface area contributed by atoms with Gasteiger partial charge in [0.2, 0.25) is 0 Å². The smallest absolute Gasteiger partial charge is 0.358 e. The molecule has 0 aliphatic carbocycles. The first-order valence-electron chi connectivity index (χ1n) is 4.73. The van der Waals surface area contributed by atoms with Crippen LogP contribution in [0, 0.1) is 25.2 Å². The number of anilines is 1. The second-order valence-corrected chi connectivity index (χ2v) is 3.13. The molecule has 0 radical (unpaired) electrons. The largest absolute Gasteiger partial charge is 0.519 e. The Morgan fingerprint density at radius 1 is 1.29 bits per heavy atom. The van der Waals surface area contributed by atoms with E-state index in [9.17, 15) is 0 Å². The molecule has 0 saturated carbocycles. The molecule has 0 fully saturated rings. The lowest BCUT2D eigenvalue weighted by atomic mass is 10.2. The van der Waals surface area contributed by atoms with Gasteiger partial charge in [-0.3, -0.25) is 0 Å². The average Bonchev–Trinajstić information content (AvgIpc) is 2.37. The first kappa shape index (κ1) is 12.2. The molecular formula is C13H10N4. The molecular weight excluding hydrogens is 212 g/mol. The number of nitrogens with two attached hydrogens (primary N) is 1. The third-order valence-corrected chi connectivity index (χ3v) is 2.04. The van der Waals surface area contributed by atoms with Crippen molar-refractivity contribution in [3.05, 3.63) is 58.5 Å². The molecule has 1 rings (SSSR count). The van der Waals surface area contributed by atoms with Gasteiger partial charge in [0, 0.05) is 30.9 Å². The number of rotatable bonds is 2. The second-order valence-electron chi connectivity index (χ2n) is 3.13. The molecule has 1 aromatic carbocycles. The highest BCUT2D eigenvalue weighted by atomic mass is 15.1. The predicted molar refractivity (Wildman–Crippen MR) is 68.0 cm³/mol. The Labute approximate surface area is 101 Å². The van der Waals surface area contributed by atoms with Crippen LogP contribution in [0.1, 0.15) is 5.56 Å². The van der Waals surface area contributed by atoms with Gasteiger partial charge in [0.05, 0.1) is 0 Å². The molecule has 4 nitrogen and oxygen atoms in total. The van der Waals surface area contributed by atoms with E-state index in [0.717, 1.165) is 11.3 Å². The summed E-state index contributed by atoms with van der Waals surface area (Å²) in [5.41, 5.74) is 6.83. The zero-order valence-electron chi connectivity index (χ0n) is 9.31. The summed E-state index contributed by atoms with van der Waals surface area (Å²) in [5.74, 6) is 0.0489. The molecule has 0 aliphatic rings. The first-order chi connectivity index (χ1) is 8.21. The summed E-state index contributed by atoms with van der Waals surface area (Å²) in [7, 11) is 1.80. The molecule has 0 bridgehead atoms. The van der Waals surface area contributed by atoms with E-state index in [-0.39, 0.29) is 5.82 Å². The second kappa shape index (κ2) is 5.85. The maximum absolute atomic E-state index is 6.78. The Morgan fingerprint density at radius 2 is 1.88 bits per heavy atom. The third-order valence-electron chi connectivity index (χ3n) is 2.04. The van der Waals surface area contributed by atoms with Gasteiger partial charge in [-0.25, -0.2) is 0 Å². The molecule has 2 N–H and O–H groups in total. The van der Waals surface area contributed by atoms with Crippen LogP contribution in [0.2, 0.25) is 0 Å². The number of hydrogen-bond donors (Lipinski definition) is 1. The van der Waals surface area contributed by atoms with Crippen molar-refractivity contribution in [2.75, 3.05) is 11.9 Å². The lowest BCUT2D eigenvalue weighted by Crippen LogP contribution is -2.09. The van der Waals surface area contributed by atoms with Crippen LogP contribution in [0.25, 0.3) is 15.8 Å². The maximum Gasteiger partial charge on any atom is 0.519 e. The van der Waals surface area contributed by atoms with Gasteiger partial charge >= 0.3 is 5.82 Å². The molecule has 0 heterocycles. The van der Waals surface area contributed by atoms with Gasteiger partial charge in [-0.15, -0.1) is 0 Å². The predicted octanol–water partition coefficient (Wildman–Crippen LogP) is 2.14. The van der Waals surface area contributed by atoms with Crippen molar-refractivity contribution >= 4 is 11.8 Å². The zero-order valence-corrected chi connectivity index (χ0v) is 9.31. The van der Waals surface area contributed by atoms with Crippen LogP contribution in [0.3, 0.4) is 0 Å². The summed E-state index contributed by atoms with van der Waals surface area (Å²) in [6, 6.07) is 12.3. The van der Waals surface area contributed by atoms with Crippen LogP contribution in [-0.4, -0.2) is 7.05 Å². The van der Waals surface area contributed by atoms with Gasteiger partial charge < -0.3 is 10.6 Å². The summed E-state index contributed by atoms with van der Waals surface area (Å²) in [4.78, 5) is 7.89. The number of nitrogens with zero attached hydrogens (tertiary/aromatic N) is 3. The minimum atomic E-state index is 0.0489. The van der Waals surface area contributed by atoms with Crippen LogP contribution < -0.4 is 10.6 Å². The average molecular weight is 222 g/mol. The van der Waals surface area contributed by atoms with Gasteiger partial charge in [-0.1, -0.05) is 12.1 Å². The van der Waals surface area contributed by atoms with E-state index < -0.39 is 0 Å². The van der Waals surface area contributed by atoms with Gasteiger partial charge in [0.15, 0.2) is 0 Å². The van der Waals surface area contributed by atoms with Crippen LogP contribution >= 0.6 is 0 Å². The number of hydrogen-bond acceptors (Lipinski definition) is 2. The Bertz CT molecular complexity index is 543. The van der Waals surface area contributed by atoms with Gasteiger partial charge in [0.25, 0.3) is 0 Å². The van der Waals surface area contributed by atoms with E-state index in [0.29, 0.717) is 0 Å². The van der Waals surface area contributed by atoms with Crippen molar-refractivity contribution < 1.29 is 0 Å². The lowest BCUT2D eigenvalue weighted by Gasteiger charge is -2.10. The molecule has 0 amide bonds. The normalized spacial score (nSPS) is 7.94. The standard InChI is InChI=1S/C13H10N4/c1-15-13(16-2)10-11-4-6-12(7-5-11)17(3)9-8-14/h4-7,10H,14H2,3H3. The van der Waals surface area contributed by atoms with E-state index in [1.807, 2.05) is 24.3 Å². The Hall–Kier alpha value is -2.90. The molecule has 0 aliphatic heterocycles. The first-order valence-corrected chi connectivity index (χ1v) is 4.73. The Kier molecular flexibility index (Phi) is 4.19. The van der Waals surface area contributed by atoms with E-state index in [4.69, 9.17) is 18.9 Å². The van der Waals surface area contributed by atoms with Crippen molar-refractivity contribution in [1.29, 1.82) is 0 Å². The highest BCUT2D eigenvalue weighted by molar-refractivity contribution is 5.61. The highest BCUT2D eigenvalue weighted by Crippen LogP contribution is 2.15. The molecule has 82 valence electrons. The summed E-state index contributed by atoms with van der Waals surface area (Å²) in [6.45, 7) is 13.6. The Morgan fingerprint density at radius 3 is 2.35 bits per heavy atom. The third kappa shape index (κ3) is 3.30. The van der Waals surface area contributed by atoms with Crippen LogP contribution in [0.5, 0.6) is 0 Å².